The summed E-state index contributed by atoms with van der Waals surface area (Å²) in [5.41, 5.74) is 1.15. The molecule has 0 fully saturated rings. The molecule has 0 saturated carbocycles. The molecule has 44 heavy (non-hydrogen) atoms. The van der Waals surface area contributed by atoms with Crippen LogP contribution < -0.4 is 24.3 Å². The Balaban J connectivity index is 1.63. The van der Waals surface area contributed by atoms with E-state index in [1.54, 1.807) is 19.1 Å². The third-order valence-electron chi connectivity index (χ3n) is 6.13. The van der Waals surface area contributed by atoms with Gasteiger partial charge in [0, 0.05) is 40.8 Å². The van der Waals surface area contributed by atoms with E-state index < -0.39 is 30.9 Å². The van der Waals surface area contributed by atoms with E-state index in [-0.39, 0.29) is 40.0 Å². The van der Waals surface area contributed by atoms with Gasteiger partial charge in [0.2, 0.25) is 6.79 Å². The minimum Gasteiger partial charge on any atom is -0.495 e. The minimum atomic E-state index is -4.83. The second-order valence-corrected chi connectivity index (χ2v) is 9.63. The molecular weight excluding hydrogens is 612 g/mol. The first kappa shape index (κ1) is 32.4. The fourth-order valence-electron chi connectivity index (χ4n) is 4.20. The summed E-state index contributed by atoms with van der Waals surface area (Å²) in [6.45, 7) is 2.05. The van der Waals surface area contributed by atoms with Crippen LogP contribution in [-0.2, 0) is 9.47 Å². The maximum absolute atomic E-state index is 15.6. The zero-order valence-corrected chi connectivity index (χ0v) is 24.6. The number of methoxy groups -OCH3 is 1. The maximum atomic E-state index is 15.6. The van der Waals surface area contributed by atoms with Gasteiger partial charge in [-0.2, -0.15) is 0 Å². The van der Waals surface area contributed by atoms with E-state index in [0.717, 1.165) is 24.7 Å². The fourth-order valence-corrected chi connectivity index (χ4v) is 4.45. The first-order valence-electron chi connectivity index (χ1n) is 13.2. The highest BCUT2D eigenvalue weighted by Crippen LogP contribution is 2.43. The molecule has 0 amide bonds. The molecule has 0 bridgehead atoms. The highest BCUT2D eigenvalue weighted by molar-refractivity contribution is 6.33. The molecule has 1 heterocycles. The summed E-state index contributed by atoms with van der Waals surface area (Å²) in [5.74, 6) is -0.425. The lowest BCUT2D eigenvalue weighted by atomic mass is 9.99. The number of fused-ring (bicyclic) bond motifs is 1. The Morgan fingerprint density at radius 2 is 1.70 bits per heavy atom. The molecule has 0 aliphatic heterocycles. The van der Waals surface area contributed by atoms with Crippen molar-refractivity contribution in [2.24, 2.45) is 0 Å². The van der Waals surface area contributed by atoms with E-state index >= 15 is 4.39 Å². The Bertz CT molecular complexity index is 1620. The number of benzene rings is 3. The lowest BCUT2D eigenvalue weighted by Crippen LogP contribution is -2.79. The van der Waals surface area contributed by atoms with Gasteiger partial charge in [-0.05, 0) is 49.4 Å². The monoisotopic (exact) mass is 639 g/mol. The molecule has 9 nitrogen and oxygen atoms in total. The first-order chi connectivity index (χ1) is 21.0. The molecule has 234 valence electrons. The highest BCUT2D eigenvalue weighted by atomic mass is 35.5. The molecule has 0 aliphatic rings. The quantitative estimate of drug-likeness (QED) is 0.0784. The topological polar surface area (TPSA) is 102 Å². The summed E-state index contributed by atoms with van der Waals surface area (Å²) in [5, 5.41) is 2.58. The van der Waals surface area contributed by atoms with Gasteiger partial charge in [-0.1, -0.05) is 11.6 Å². The number of rotatable bonds is 12. The molecule has 0 unspecified atom stereocenters. The van der Waals surface area contributed by atoms with Crippen molar-refractivity contribution in [1.82, 2.24) is 4.98 Å². The summed E-state index contributed by atoms with van der Waals surface area (Å²) in [4.78, 5) is 16.6. The lowest BCUT2D eigenvalue weighted by molar-refractivity contribution is -0.627. The Morgan fingerprint density at radius 3 is 2.36 bits per heavy atom. The van der Waals surface area contributed by atoms with Crippen molar-refractivity contribution in [3.63, 3.8) is 0 Å². The Morgan fingerprint density at radius 1 is 1.00 bits per heavy atom. The number of ether oxygens (including phenoxy) is 6. The van der Waals surface area contributed by atoms with Crippen molar-refractivity contribution in [3.05, 3.63) is 71.1 Å². The molecular formula is C30H28ClF4N2O7+. The maximum Gasteiger partial charge on any atom is 0.573 e. The van der Waals surface area contributed by atoms with Crippen molar-refractivity contribution < 1.29 is 56.1 Å². The average Bonchev–Trinajstić information content (AvgIpc) is 2.96. The minimum absolute atomic E-state index is 0.0733. The van der Waals surface area contributed by atoms with Crippen molar-refractivity contribution in [1.29, 1.82) is 0 Å². The van der Waals surface area contributed by atoms with Crippen molar-refractivity contribution in [2.45, 2.75) is 19.7 Å². The number of carbonyl (C=O) groups excluding carboxylic acids is 1. The summed E-state index contributed by atoms with van der Waals surface area (Å²) in [6, 6.07) is 11.8. The van der Waals surface area contributed by atoms with E-state index in [0.29, 0.717) is 28.8 Å². The highest BCUT2D eigenvalue weighted by Gasteiger charge is 2.31. The molecule has 0 atom stereocenters. The van der Waals surface area contributed by atoms with Crippen LogP contribution in [0.25, 0.3) is 22.0 Å². The molecule has 0 radical (unpaired) electrons. The van der Waals surface area contributed by atoms with Crippen LogP contribution in [0.15, 0.2) is 54.6 Å². The van der Waals surface area contributed by atoms with Crippen molar-refractivity contribution >= 4 is 28.7 Å². The Hall–Kier alpha value is -4.49. The largest absolute Gasteiger partial charge is 0.573 e. The van der Waals surface area contributed by atoms with Crippen LogP contribution in [-0.4, -0.2) is 51.6 Å². The standard InChI is InChI=1S/C30H27ClF4N2O7/c1-17-27(21-10-9-20(13-24(21)32)43-18-5-7-19(8-6-18)44-30(33,34)35)28(41-16-42-29(38)40-12-4-11-36-2)22-14-23(31)26(39-3)15-25(22)37-17/h5-10,13-15,36H,4,11-12,16H2,1-3H3/p+1. The number of quaternary nitrogens is 1. The summed E-state index contributed by atoms with van der Waals surface area (Å²) in [6.07, 6.45) is -5.12. The van der Waals surface area contributed by atoms with Gasteiger partial charge in [0.15, 0.2) is 0 Å². The van der Waals surface area contributed by atoms with Gasteiger partial charge < -0.3 is 33.7 Å². The summed E-state index contributed by atoms with van der Waals surface area (Å²) in [7, 11) is 3.35. The predicted octanol–water partition coefficient (Wildman–Crippen LogP) is 6.78. The second kappa shape index (κ2) is 14.3. The van der Waals surface area contributed by atoms with E-state index in [1.165, 1.54) is 31.4 Å². The second-order valence-electron chi connectivity index (χ2n) is 9.22. The molecule has 0 saturated heterocycles. The van der Waals surface area contributed by atoms with Crippen LogP contribution in [0.4, 0.5) is 22.4 Å². The number of nitrogens with two attached hydrogens (primary N) is 1. The van der Waals surface area contributed by atoms with E-state index in [9.17, 15) is 18.0 Å². The van der Waals surface area contributed by atoms with Gasteiger partial charge in [-0.25, -0.2) is 9.18 Å². The number of nitrogens with zero attached hydrogens (tertiary/aromatic N) is 1. The average molecular weight is 640 g/mol. The number of hydrogen-bond donors (Lipinski definition) is 1. The van der Waals surface area contributed by atoms with Crippen LogP contribution >= 0.6 is 11.6 Å². The molecule has 4 rings (SSSR count). The third kappa shape index (κ3) is 8.32. The number of carbonyl (C=O) groups is 1. The smallest absolute Gasteiger partial charge is 0.495 e. The predicted molar refractivity (Wildman–Crippen MR) is 152 cm³/mol. The van der Waals surface area contributed by atoms with Crippen LogP contribution in [0.1, 0.15) is 12.1 Å². The molecule has 0 spiro atoms. The van der Waals surface area contributed by atoms with E-state index in [4.69, 9.17) is 35.3 Å². The summed E-state index contributed by atoms with van der Waals surface area (Å²) < 4.78 is 83.7. The zero-order chi connectivity index (χ0) is 31.9. The van der Waals surface area contributed by atoms with Gasteiger partial charge in [-0.15, -0.1) is 13.2 Å². The van der Waals surface area contributed by atoms with Crippen LogP contribution in [0, 0.1) is 12.7 Å². The van der Waals surface area contributed by atoms with Gasteiger partial charge >= 0.3 is 12.5 Å². The van der Waals surface area contributed by atoms with Crippen molar-refractivity contribution in [2.75, 3.05) is 34.1 Å². The van der Waals surface area contributed by atoms with E-state index in [2.05, 4.69) is 9.72 Å². The van der Waals surface area contributed by atoms with E-state index in [1.807, 2.05) is 12.4 Å². The van der Waals surface area contributed by atoms with Crippen LogP contribution in [0.3, 0.4) is 0 Å². The SMILES string of the molecule is C[NH2+]CCCOC(=O)OCOc1c(-c2ccc(Oc3ccc(OC(F)(F)F)cc3)cc2F)c(C)nc2cc(OC)c(Cl)cc12. The van der Waals surface area contributed by atoms with Gasteiger partial charge in [0.25, 0.3) is 0 Å². The molecule has 1 aromatic heterocycles. The third-order valence-corrected chi connectivity index (χ3v) is 6.43. The lowest BCUT2D eigenvalue weighted by Gasteiger charge is -2.18. The number of halogens is 5. The Labute approximate surface area is 254 Å². The summed E-state index contributed by atoms with van der Waals surface area (Å²) >= 11 is 6.38. The number of aromatic nitrogens is 1. The van der Waals surface area contributed by atoms with Crippen LogP contribution in [0.2, 0.25) is 5.02 Å². The molecule has 0 aliphatic carbocycles. The fraction of sp³-hybridized carbons (Fsp3) is 0.267. The number of alkyl halides is 3. The number of hydrogen-bond acceptors (Lipinski definition) is 8. The number of aryl methyl sites for hydroxylation is 1. The first-order valence-corrected chi connectivity index (χ1v) is 13.6. The Kier molecular flexibility index (Phi) is 10.6. The zero-order valence-electron chi connectivity index (χ0n) is 23.8. The normalized spacial score (nSPS) is 11.3. The van der Waals surface area contributed by atoms with Gasteiger partial charge in [-0.3, -0.25) is 4.98 Å². The van der Waals surface area contributed by atoms with Crippen molar-refractivity contribution in [3.8, 4) is 39.9 Å². The van der Waals surface area contributed by atoms with Gasteiger partial charge in [0.1, 0.15) is 41.2 Å². The molecule has 4 aromatic rings. The molecule has 3 aromatic carbocycles. The van der Waals surface area contributed by atoms with Gasteiger partial charge in [0.05, 0.1) is 31.2 Å². The number of pyridine rings is 1. The molecule has 2 N–H and O–H groups in total. The van der Waals surface area contributed by atoms with Crippen LogP contribution in [0.5, 0.6) is 28.7 Å². The molecule has 14 heteroatoms.